The zero-order valence-electron chi connectivity index (χ0n) is 22.1. The molecule has 0 saturated carbocycles. The molecular formula is C31H27Br2F2N3OS. The van der Waals surface area contributed by atoms with Crippen LogP contribution in [0.15, 0.2) is 85.2 Å². The van der Waals surface area contributed by atoms with Crippen molar-refractivity contribution in [3.8, 4) is 21.7 Å². The number of hydrogen-bond acceptors (Lipinski definition) is 5. The van der Waals surface area contributed by atoms with Gasteiger partial charge in [0.2, 0.25) is 11.9 Å². The highest BCUT2D eigenvalue weighted by molar-refractivity contribution is 9.09. The summed E-state index contributed by atoms with van der Waals surface area (Å²) in [7, 11) is 0. The number of nitrogens with zero attached hydrogens (tertiary/aromatic N) is 3. The fourth-order valence-corrected chi connectivity index (χ4v) is 5.49. The van der Waals surface area contributed by atoms with Gasteiger partial charge < -0.3 is 0 Å². The summed E-state index contributed by atoms with van der Waals surface area (Å²) in [4.78, 5) is 24.5. The van der Waals surface area contributed by atoms with Crippen LogP contribution < -0.4 is 0 Å². The van der Waals surface area contributed by atoms with Crippen molar-refractivity contribution in [2.45, 2.75) is 32.0 Å². The minimum Gasteiger partial charge on any atom is -0.293 e. The van der Waals surface area contributed by atoms with Crippen molar-refractivity contribution in [3.05, 3.63) is 124 Å². The molecule has 2 aromatic carbocycles. The molecule has 0 N–H and O–H groups in total. The standard InChI is InChI=1S/C17H15FN2S.C14H11BrFNO.BrH/c1-3-15-20-16(12-6-4-5-11(2)9-12)17(21-15)13-7-8-19-14(18)10-13;1-9-3-2-4-11(7-9)14(18)13(15)10-5-6-17-12(16)8-10;/h4-10H,3H2,1-2H3;2-8,13H,1H3;1H. The van der Waals surface area contributed by atoms with Gasteiger partial charge in [0, 0.05) is 29.6 Å². The Morgan fingerprint density at radius 3 is 2.15 bits per heavy atom. The van der Waals surface area contributed by atoms with Gasteiger partial charge in [0.15, 0.2) is 5.78 Å². The van der Waals surface area contributed by atoms with Crippen LogP contribution in [0.3, 0.4) is 0 Å². The van der Waals surface area contributed by atoms with Crippen molar-refractivity contribution < 1.29 is 13.6 Å². The van der Waals surface area contributed by atoms with E-state index in [1.165, 1.54) is 30.1 Å². The number of Topliss-reactive ketones (excluding diaryl/α,β-unsaturated/α-hetero) is 1. The molecule has 0 amide bonds. The SMILES string of the molecule is Br.CCc1nc(-c2cccc(C)c2)c(-c2ccnc(F)c2)s1.Cc1cccc(C(=O)C(Br)c2ccnc(F)c2)c1. The first kappa shape index (κ1) is 31.4. The van der Waals surface area contributed by atoms with Crippen LogP contribution in [0.25, 0.3) is 21.7 Å². The van der Waals surface area contributed by atoms with E-state index in [-0.39, 0.29) is 22.8 Å². The van der Waals surface area contributed by atoms with E-state index < -0.39 is 16.7 Å². The Labute approximate surface area is 255 Å². The third-order valence-electron chi connectivity index (χ3n) is 5.83. The number of alkyl halides is 1. The van der Waals surface area contributed by atoms with Crippen LogP contribution in [0.2, 0.25) is 0 Å². The Bertz CT molecular complexity index is 1550. The molecule has 5 aromatic rings. The summed E-state index contributed by atoms with van der Waals surface area (Å²) in [5.41, 5.74) is 6.19. The van der Waals surface area contributed by atoms with Crippen molar-refractivity contribution in [2.24, 2.45) is 0 Å². The Morgan fingerprint density at radius 1 is 0.875 bits per heavy atom. The van der Waals surface area contributed by atoms with Crippen LogP contribution in [0.1, 0.15) is 43.8 Å². The molecule has 3 heterocycles. The first-order chi connectivity index (χ1) is 18.7. The highest BCUT2D eigenvalue weighted by atomic mass is 79.9. The molecule has 0 radical (unpaired) electrons. The van der Waals surface area contributed by atoms with Gasteiger partial charge >= 0.3 is 0 Å². The molecule has 206 valence electrons. The highest BCUT2D eigenvalue weighted by Crippen LogP contribution is 2.37. The summed E-state index contributed by atoms with van der Waals surface area (Å²) in [6.07, 6.45) is 3.72. The largest absolute Gasteiger partial charge is 0.293 e. The molecule has 0 fully saturated rings. The molecule has 1 atom stereocenters. The van der Waals surface area contributed by atoms with Gasteiger partial charge in [-0.2, -0.15) is 8.78 Å². The number of hydrogen-bond donors (Lipinski definition) is 0. The van der Waals surface area contributed by atoms with Gasteiger partial charge in [0.1, 0.15) is 4.83 Å². The van der Waals surface area contributed by atoms with Gasteiger partial charge in [-0.1, -0.05) is 70.4 Å². The molecule has 1 unspecified atom stereocenters. The maximum Gasteiger partial charge on any atom is 0.213 e. The number of aryl methyl sites for hydroxylation is 3. The van der Waals surface area contributed by atoms with Crippen LogP contribution in [0.5, 0.6) is 0 Å². The van der Waals surface area contributed by atoms with E-state index in [1.54, 1.807) is 23.5 Å². The monoisotopic (exact) mass is 685 g/mol. The molecule has 0 aliphatic rings. The lowest BCUT2D eigenvalue weighted by Crippen LogP contribution is -2.07. The number of rotatable bonds is 6. The zero-order valence-corrected chi connectivity index (χ0v) is 26.2. The van der Waals surface area contributed by atoms with Gasteiger partial charge in [0.25, 0.3) is 0 Å². The van der Waals surface area contributed by atoms with Gasteiger partial charge in [-0.3, -0.25) is 4.79 Å². The summed E-state index contributed by atoms with van der Waals surface area (Å²) in [6, 6.07) is 21.7. The van der Waals surface area contributed by atoms with E-state index >= 15 is 0 Å². The first-order valence-electron chi connectivity index (χ1n) is 12.3. The Balaban J connectivity index is 0.000000218. The molecule has 0 aliphatic carbocycles. The number of ketones is 1. The van der Waals surface area contributed by atoms with Crippen molar-refractivity contribution >= 4 is 50.0 Å². The zero-order chi connectivity index (χ0) is 27.9. The van der Waals surface area contributed by atoms with Crippen molar-refractivity contribution in [1.29, 1.82) is 0 Å². The van der Waals surface area contributed by atoms with E-state index in [4.69, 9.17) is 4.98 Å². The number of thiazole rings is 1. The second-order valence-corrected chi connectivity index (χ2v) is 10.9. The number of pyridine rings is 2. The second kappa shape index (κ2) is 14.5. The third-order valence-corrected chi connectivity index (χ3v) is 8.02. The lowest BCUT2D eigenvalue weighted by Gasteiger charge is -2.09. The molecule has 0 bridgehead atoms. The second-order valence-electron chi connectivity index (χ2n) is 8.88. The van der Waals surface area contributed by atoms with Crippen LogP contribution in [0, 0.1) is 25.7 Å². The lowest BCUT2D eigenvalue weighted by molar-refractivity contribution is 0.0991. The quantitative estimate of drug-likeness (QED) is 0.102. The number of halogens is 4. The van der Waals surface area contributed by atoms with Gasteiger partial charge in [-0.05, 0) is 61.7 Å². The Kier molecular flexibility index (Phi) is 11.4. The summed E-state index contributed by atoms with van der Waals surface area (Å²) in [5, 5.41) is 1.05. The van der Waals surface area contributed by atoms with E-state index in [1.807, 2.05) is 43.3 Å². The molecule has 9 heteroatoms. The third kappa shape index (κ3) is 7.96. The highest BCUT2D eigenvalue weighted by Gasteiger charge is 2.19. The summed E-state index contributed by atoms with van der Waals surface area (Å²) < 4.78 is 26.4. The molecule has 0 saturated heterocycles. The van der Waals surface area contributed by atoms with Crippen molar-refractivity contribution in [1.82, 2.24) is 15.0 Å². The van der Waals surface area contributed by atoms with Crippen molar-refractivity contribution in [3.63, 3.8) is 0 Å². The average Bonchev–Trinajstić information content (AvgIpc) is 3.37. The molecule has 5 rings (SSSR count). The molecule has 0 spiro atoms. The predicted octanol–water partition coefficient (Wildman–Crippen LogP) is 9.31. The minimum absolute atomic E-state index is 0. The van der Waals surface area contributed by atoms with E-state index in [0.29, 0.717) is 11.1 Å². The van der Waals surface area contributed by atoms with Crippen LogP contribution in [-0.4, -0.2) is 20.7 Å². The summed E-state index contributed by atoms with van der Waals surface area (Å²) in [5.74, 6) is -1.15. The Morgan fingerprint density at radius 2 is 1.52 bits per heavy atom. The first-order valence-corrected chi connectivity index (χ1v) is 14.0. The lowest BCUT2D eigenvalue weighted by atomic mass is 10.0. The molecule has 0 aliphatic heterocycles. The predicted molar refractivity (Wildman–Crippen MR) is 167 cm³/mol. The van der Waals surface area contributed by atoms with Gasteiger partial charge in [0.05, 0.1) is 15.6 Å². The van der Waals surface area contributed by atoms with E-state index in [9.17, 15) is 13.6 Å². The van der Waals surface area contributed by atoms with E-state index in [2.05, 4.69) is 51.9 Å². The average molecular weight is 687 g/mol. The molecular weight excluding hydrogens is 660 g/mol. The molecule has 3 aromatic heterocycles. The molecule has 4 nitrogen and oxygen atoms in total. The van der Waals surface area contributed by atoms with Crippen LogP contribution in [-0.2, 0) is 6.42 Å². The van der Waals surface area contributed by atoms with Crippen molar-refractivity contribution in [2.75, 3.05) is 0 Å². The van der Waals surface area contributed by atoms with Crippen LogP contribution >= 0.6 is 44.2 Å². The maximum absolute atomic E-state index is 13.4. The smallest absolute Gasteiger partial charge is 0.213 e. The number of aromatic nitrogens is 3. The summed E-state index contributed by atoms with van der Waals surface area (Å²) in [6.45, 7) is 6.06. The van der Waals surface area contributed by atoms with E-state index in [0.717, 1.165) is 38.7 Å². The topological polar surface area (TPSA) is 55.7 Å². The fraction of sp³-hybridized carbons (Fsp3) is 0.161. The molecule has 40 heavy (non-hydrogen) atoms. The number of carbonyl (C=O) groups excluding carboxylic acids is 1. The Hall–Kier alpha value is -3.14. The number of carbonyl (C=O) groups is 1. The summed E-state index contributed by atoms with van der Waals surface area (Å²) >= 11 is 4.92. The van der Waals surface area contributed by atoms with Crippen LogP contribution in [0.4, 0.5) is 8.78 Å². The normalized spacial score (nSPS) is 11.2. The maximum atomic E-state index is 13.4. The number of benzene rings is 2. The minimum atomic E-state index is -0.589. The van der Waals surface area contributed by atoms with Gasteiger partial charge in [-0.25, -0.2) is 15.0 Å². The van der Waals surface area contributed by atoms with Gasteiger partial charge in [-0.15, -0.1) is 28.3 Å². The fourth-order valence-electron chi connectivity index (χ4n) is 3.91.